The van der Waals surface area contributed by atoms with Crippen molar-refractivity contribution < 1.29 is 19.1 Å². The largest absolute Gasteiger partial charge is 0.441 e. The topological polar surface area (TPSA) is 79.0 Å². The van der Waals surface area contributed by atoms with Gasteiger partial charge in [-0.1, -0.05) is 42.5 Å². The van der Waals surface area contributed by atoms with Crippen LogP contribution >= 0.6 is 0 Å². The Morgan fingerprint density at radius 1 is 0.917 bits per heavy atom. The zero-order valence-corrected chi connectivity index (χ0v) is 20.1. The van der Waals surface area contributed by atoms with E-state index in [0.29, 0.717) is 29.9 Å². The predicted molar refractivity (Wildman–Crippen MR) is 137 cm³/mol. The number of cyclic esters (lactones) is 1. The zero-order chi connectivity index (χ0) is 24.8. The molecule has 2 aliphatic heterocycles. The Balaban J connectivity index is 1.08. The van der Waals surface area contributed by atoms with Crippen LogP contribution in [0.25, 0.3) is 11.1 Å². The first-order valence-corrected chi connectivity index (χ1v) is 12.4. The van der Waals surface area contributed by atoms with Gasteiger partial charge in [0.1, 0.15) is 6.10 Å². The summed E-state index contributed by atoms with van der Waals surface area (Å²) < 4.78 is 5.58. The predicted octanol–water partition coefficient (Wildman–Crippen LogP) is 5.02. The standard InChI is InChI=1S/C29H27N3O4/c1-18-21-6-4-5-9-26(21)32(29(35)36-18)20-12-14-31(15-13-20)17-27(33)30-19-10-11-24-25(16-19)22-7-2-3-8-23(22)28(24)34/h2-11,16,18,20H,12-15,17H2,1H3,(H,30,33). The minimum Gasteiger partial charge on any atom is -0.441 e. The molecule has 0 spiro atoms. The molecule has 1 fully saturated rings. The molecule has 3 aromatic carbocycles. The molecule has 6 rings (SSSR count). The second-order valence-electron chi connectivity index (χ2n) is 9.65. The first-order chi connectivity index (χ1) is 17.5. The quantitative estimate of drug-likeness (QED) is 0.443. The molecule has 0 aromatic heterocycles. The maximum absolute atomic E-state index is 12.8. The van der Waals surface area contributed by atoms with Crippen LogP contribution in [0.2, 0.25) is 0 Å². The van der Waals surface area contributed by atoms with Gasteiger partial charge in [0.2, 0.25) is 5.91 Å². The van der Waals surface area contributed by atoms with Gasteiger partial charge in [0, 0.05) is 41.5 Å². The van der Waals surface area contributed by atoms with Crippen molar-refractivity contribution in [1.82, 2.24) is 4.90 Å². The summed E-state index contributed by atoms with van der Waals surface area (Å²) in [6.45, 7) is 3.60. The van der Waals surface area contributed by atoms with Crippen molar-refractivity contribution >= 4 is 29.2 Å². The van der Waals surface area contributed by atoms with E-state index in [1.165, 1.54) is 0 Å². The van der Waals surface area contributed by atoms with Crippen LogP contribution in [0.4, 0.5) is 16.2 Å². The van der Waals surface area contributed by atoms with Crippen LogP contribution in [-0.4, -0.2) is 48.4 Å². The monoisotopic (exact) mass is 481 g/mol. The molecule has 7 nitrogen and oxygen atoms in total. The molecule has 36 heavy (non-hydrogen) atoms. The number of anilines is 2. The number of nitrogens with one attached hydrogen (secondary N) is 1. The van der Waals surface area contributed by atoms with Crippen LogP contribution in [0, 0.1) is 0 Å². The number of hydrogen-bond donors (Lipinski definition) is 1. The summed E-state index contributed by atoms with van der Waals surface area (Å²) in [5, 5.41) is 2.99. The van der Waals surface area contributed by atoms with E-state index in [0.717, 1.165) is 35.2 Å². The number of amides is 2. The van der Waals surface area contributed by atoms with Gasteiger partial charge in [-0.15, -0.1) is 0 Å². The normalized spacial score (nSPS) is 19.4. The molecule has 182 valence electrons. The van der Waals surface area contributed by atoms with Gasteiger partial charge in [0.15, 0.2) is 5.78 Å². The SMILES string of the molecule is CC1OC(=O)N(C2CCN(CC(=O)Nc3ccc4c(c3)-c3ccccc3C4=O)CC2)c2ccccc21. The number of nitrogens with zero attached hydrogens (tertiary/aromatic N) is 2. The second-order valence-corrected chi connectivity index (χ2v) is 9.65. The molecule has 3 aliphatic rings. The number of ketones is 1. The number of likely N-dealkylation sites (tertiary alicyclic amines) is 1. The summed E-state index contributed by atoms with van der Waals surface area (Å²) >= 11 is 0. The number of fused-ring (bicyclic) bond motifs is 4. The van der Waals surface area contributed by atoms with E-state index in [1.54, 1.807) is 17.0 Å². The van der Waals surface area contributed by atoms with E-state index in [-0.39, 0.29) is 36.5 Å². The molecule has 1 aliphatic carbocycles. The van der Waals surface area contributed by atoms with Crippen LogP contribution in [-0.2, 0) is 9.53 Å². The van der Waals surface area contributed by atoms with E-state index < -0.39 is 0 Å². The molecule has 0 bridgehead atoms. The van der Waals surface area contributed by atoms with Gasteiger partial charge >= 0.3 is 6.09 Å². The lowest BCUT2D eigenvalue weighted by Crippen LogP contribution is -2.50. The number of rotatable bonds is 4. The fraction of sp³-hybridized carbons (Fsp3) is 0.276. The Kier molecular flexibility index (Phi) is 5.57. The van der Waals surface area contributed by atoms with Gasteiger partial charge in [-0.05, 0) is 55.2 Å². The summed E-state index contributed by atoms with van der Waals surface area (Å²) in [4.78, 5) is 42.0. The van der Waals surface area contributed by atoms with Crippen molar-refractivity contribution in [3.05, 3.63) is 83.4 Å². The summed E-state index contributed by atoms with van der Waals surface area (Å²) in [6, 6.07) is 20.9. The van der Waals surface area contributed by atoms with Crippen LogP contribution in [0.1, 0.15) is 47.4 Å². The lowest BCUT2D eigenvalue weighted by atomic mass is 9.99. The third-order valence-corrected chi connectivity index (χ3v) is 7.41. The summed E-state index contributed by atoms with van der Waals surface area (Å²) in [5.41, 5.74) is 5.77. The molecule has 0 radical (unpaired) electrons. The number of para-hydroxylation sites is 1. The maximum atomic E-state index is 12.8. The van der Waals surface area contributed by atoms with Crippen molar-refractivity contribution in [2.45, 2.75) is 31.9 Å². The van der Waals surface area contributed by atoms with E-state index in [9.17, 15) is 14.4 Å². The van der Waals surface area contributed by atoms with Crippen LogP contribution in [0.3, 0.4) is 0 Å². The molecule has 0 saturated carbocycles. The van der Waals surface area contributed by atoms with Crippen molar-refractivity contribution in [2.75, 3.05) is 29.9 Å². The van der Waals surface area contributed by atoms with E-state index in [4.69, 9.17) is 4.74 Å². The Labute approximate surface area is 209 Å². The van der Waals surface area contributed by atoms with Gasteiger partial charge in [-0.25, -0.2) is 4.79 Å². The highest BCUT2D eigenvalue weighted by Crippen LogP contribution is 2.38. The minimum atomic E-state index is -0.297. The van der Waals surface area contributed by atoms with Gasteiger partial charge in [-0.2, -0.15) is 0 Å². The summed E-state index contributed by atoms with van der Waals surface area (Å²) in [6.07, 6.45) is 0.986. The van der Waals surface area contributed by atoms with E-state index in [1.807, 2.05) is 61.5 Å². The molecule has 2 heterocycles. The van der Waals surface area contributed by atoms with Crippen molar-refractivity contribution in [3.63, 3.8) is 0 Å². The van der Waals surface area contributed by atoms with E-state index in [2.05, 4.69) is 10.2 Å². The molecule has 1 unspecified atom stereocenters. The van der Waals surface area contributed by atoms with Crippen LogP contribution in [0.5, 0.6) is 0 Å². The fourth-order valence-electron chi connectivity index (χ4n) is 5.61. The average Bonchev–Trinajstić information content (AvgIpc) is 3.16. The molecule has 2 amide bonds. The Hall–Kier alpha value is -3.97. The van der Waals surface area contributed by atoms with Crippen LogP contribution < -0.4 is 10.2 Å². The Morgan fingerprint density at radius 2 is 1.61 bits per heavy atom. The van der Waals surface area contributed by atoms with Gasteiger partial charge in [-0.3, -0.25) is 19.4 Å². The third-order valence-electron chi connectivity index (χ3n) is 7.41. The molecular formula is C29H27N3O4. The molecule has 1 N–H and O–H groups in total. The molecule has 3 aromatic rings. The zero-order valence-electron chi connectivity index (χ0n) is 20.1. The molecule has 1 saturated heterocycles. The second kappa shape index (κ2) is 8.91. The van der Waals surface area contributed by atoms with Gasteiger partial charge < -0.3 is 10.1 Å². The summed E-state index contributed by atoms with van der Waals surface area (Å²) in [7, 11) is 0. The first kappa shape index (κ1) is 22.5. The van der Waals surface area contributed by atoms with E-state index >= 15 is 0 Å². The van der Waals surface area contributed by atoms with Crippen molar-refractivity contribution in [2.24, 2.45) is 0 Å². The average molecular weight is 482 g/mol. The highest BCUT2D eigenvalue weighted by Gasteiger charge is 2.36. The fourth-order valence-corrected chi connectivity index (χ4v) is 5.61. The third kappa shape index (κ3) is 3.85. The molecule has 1 atom stereocenters. The van der Waals surface area contributed by atoms with Crippen molar-refractivity contribution in [3.8, 4) is 11.1 Å². The molecular weight excluding hydrogens is 454 g/mol. The lowest BCUT2D eigenvalue weighted by molar-refractivity contribution is -0.117. The number of hydrogen-bond acceptors (Lipinski definition) is 5. The first-order valence-electron chi connectivity index (χ1n) is 12.4. The maximum Gasteiger partial charge on any atom is 0.415 e. The number of ether oxygens (including phenoxy) is 1. The number of piperidine rings is 1. The number of carbonyl (C=O) groups is 3. The number of carbonyl (C=O) groups excluding carboxylic acids is 3. The summed E-state index contributed by atoms with van der Waals surface area (Å²) in [5.74, 6) is -0.0708. The smallest absolute Gasteiger partial charge is 0.415 e. The highest BCUT2D eigenvalue weighted by molar-refractivity contribution is 6.22. The minimum absolute atomic E-state index is 0.0241. The molecule has 7 heteroatoms. The van der Waals surface area contributed by atoms with Crippen LogP contribution in [0.15, 0.2) is 66.7 Å². The Bertz CT molecular complexity index is 1380. The highest BCUT2D eigenvalue weighted by atomic mass is 16.6. The lowest BCUT2D eigenvalue weighted by Gasteiger charge is -2.41. The Morgan fingerprint density at radius 3 is 2.42 bits per heavy atom. The van der Waals surface area contributed by atoms with Crippen molar-refractivity contribution in [1.29, 1.82) is 0 Å². The van der Waals surface area contributed by atoms with Gasteiger partial charge in [0.05, 0.1) is 12.2 Å². The number of benzene rings is 3. The van der Waals surface area contributed by atoms with Gasteiger partial charge in [0.25, 0.3) is 0 Å².